The van der Waals surface area contributed by atoms with Crippen molar-refractivity contribution in [2.45, 2.75) is 25.9 Å². The lowest BCUT2D eigenvalue weighted by Gasteiger charge is -2.16. The number of anilines is 3. The highest BCUT2D eigenvalue weighted by atomic mass is 19.4. The van der Waals surface area contributed by atoms with Gasteiger partial charge in [-0.1, -0.05) is 24.3 Å². The van der Waals surface area contributed by atoms with Crippen LogP contribution in [0.15, 0.2) is 60.7 Å². The number of carbonyl (C=O) groups is 1. The summed E-state index contributed by atoms with van der Waals surface area (Å²) in [5.41, 5.74) is 0.172. The second-order valence-corrected chi connectivity index (χ2v) is 9.25. The molecule has 3 aromatic carbocycles. The van der Waals surface area contributed by atoms with Gasteiger partial charge >= 0.3 is 12.2 Å². The van der Waals surface area contributed by atoms with E-state index in [2.05, 4.69) is 25.9 Å². The SMILES string of the molecule is COc1ccc(C(F)(F)F)cc1NC(=O)Nc1ccc(Oc2cc(C)nc(NCC3CC3)n2)c2ccccc12. The molecule has 0 atom stereocenters. The molecular formula is C28H26F3N5O3. The van der Waals surface area contributed by atoms with E-state index in [1.54, 1.807) is 30.3 Å². The van der Waals surface area contributed by atoms with Gasteiger partial charge in [0.15, 0.2) is 0 Å². The van der Waals surface area contributed by atoms with Crippen LogP contribution in [0.3, 0.4) is 0 Å². The minimum Gasteiger partial charge on any atom is -0.495 e. The first-order valence-corrected chi connectivity index (χ1v) is 12.3. The first kappa shape index (κ1) is 26.1. The summed E-state index contributed by atoms with van der Waals surface area (Å²) in [5.74, 6) is 2.15. The van der Waals surface area contributed by atoms with E-state index in [4.69, 9.17) is 9.47 Å². The summed E-state index contributed by atoms with van der Waals surface area (Å²) in [4.78, 5) is 21.7. The van der Waals surface area contributed by atoms with Gasteiger partial charge in [-0.2, -0.15) is 18.2 Å². The molecule has 39 heavy (non-hydrogen) atoms. The minimum absolute atomic E-state index is 0.0953. The van der Waals surface area contributed by atoms with Gasteiger partial charge in [-0.05, 0) is 56.0 Å². The predicted molar refractivity (Wildman–Crippen MR) is 143 cm³/mol. The Morgan fingerprint density at radius 2 is 1.67 bits per heavy atom. The monoisotopic (exact) mass is 537 g/mol. The van der Waals surface area contributed by atoms with Gasteiger partial charge in [0.1, 0.15) is 11.5 Å². The maximum Gasteiger partial charge on any atom is 0.416 e. The van der Waals surface area contributed by atoms with E-state index in [-0.39, 0.29) is 11.4 Å². The lowest BCUT2D eigenvalue weighted by Crippen LogP contribution is -2.20. The van der Waals surface area contributed by atoms with Crippen LogP contribution in [0, 0.1) is 12.8 Å². The largest absolute Gasteiger partial charge is 0.495 e. The third kappa shape index (κ3) is 6.31. The fraction of sp³-hybridized carbons (Fsp3) is 0.250. The number of aryl methyl sites for hydroxylation is 1. The summed E-state index contributed by atoms with van der Waals surface area (Å²) >= 11 is 0. The van der Waals surface area contributed by atoms with Gasteiger partial charge in [0.25, 0.3) is 0 Å². The number of nitrogens with zero attached hydrogens (tertiary/aromatic N) is 2. The van der Waals surface area contributed by atoms with E-state index >= 15 is 0 Å². The maximum absolute atomic E-state index is 13.2. The summed E-state index contributed by atoms with van der Waals surface area (Å²) in [6, 6.07) is 14.5. The van der Waals surface area contributed by atoms with Crippen molar-refractivity contribution in [3.05, 3.63) is 71.9 Å². The summed E-state index contributed by atoms with van der Waals surface area (Å²) in [5, 5.41) is 9.78. The number of alkyl halides is 3. The number of benzene rings is 3. The molecule has 1 heterocycles. The van der Waals surface area contributed by atoms with Crippen LogP contribution in [0.2, 0.25) is 0 Å². The highest BCUT2D eigenvalue weighted by molar-refractivity contribution is 6.08. The fourth-order valence-electron chi connectivity index (χ4n) is 4.07. The number of hydrogen-bond donors (Lipinski definition) is 3. The molecule has 1 aromatic heterocycles. The van der Waals surface area contributed by atoms with Crippen LogP contribution < -0.4 is 25.4 Å². The zero-order chi connectivity index (χ0) is 27.6. The molecule has 202 valence electrons. The summed E-state index contributed by atoms with van der Waals surface area (Å²) in [7, 11) is 1.31. The Morgan fingerprint density at radius 3 is 2.38 bits per heavy atom. The number of ether oxygens (including phenoxy) is 2. The number of rotatable bonds is 8. The zero-order valence-electron chi connectivity index (χ0n) is 21.2. The molecule has 1 aliphatic carbocycles. The lowest BCUT2D eigenvalue weighted by molar-refractivity contribution is -0.137. The molecule has 0 saturated heterocycles. The number of halogens is 3. The van der Waals surface area contributed by atoms with Crippen molar-refractivity contribution >= 4 is 34.1 Å². The lowest BCUT2D eigenvalue weighted by atomic mass is 10.1. The van der Waals surface area contributed by atoms with Crippen molar-refractivity contribution in [2.24, 2.45) is 5.92 Å². The Morgan fingerprint density at radius 1 is 0.949 bits per heavy atom. The Balaban J connectivity index is 1.37. The molecule has 5 rings (SSSR count). The van der Waals surface area contributed by atoms with Crippen LogP contribution in [0.5, 0.6) is 17.4 Å². The van der Waals surface area contributed by atoms with Crippen LogP contribution in [-0.2, 0) is 6.18 Å². The van der Waals surface area contributed by atoms with Gasteiger partial charge in [0, 0.05) is 29.1 Å². The van der Waals surface area contributed by atoms with Gasteiger partial charge in [-0.25, -0.2) is 9.78 Å². The molecule has 1 aliphatic rings. The molecule has 8 nitrogen and oxygen atoms in total. The van der Waals surface area contributed by atoms with E-state index in [9.17, 15) is 18.0 Å². The second kappa shape index (κ2) is 10.7. The average molecular weight is 538 g/mol. The molecule has 0 spiro atoms. The van der Waals surface area contributed by atoms with Gasteiger partial charge < -0.3 is 25.4 Å². The molecule has 1 fully saturated rings. The predicted octanol–water partition coefficient (Wildman–Crippen LogP) is 7.22. The van der Waals surface area contributed by atoms with Gasteiger partial charge in [-0.3, -0.25) is 0 Å². The van der Waals surface area contributed by atoms with Crippen LogP contribution in [0.25, 0.3) is 10.8 Å². The average Bonchev–Trinajstić information content (AvgIpc) is 3.73. The zero-order valence-corrected chi connectivity index (χ0v) is 21.2. The number of aromatic nitrogens is 2. The van der Waals surface area contributed by atoms with Gasteiger partial charge in [-0.15, -0.1) is 0 Å². The molecule has 0 unspecified atom stereocenters. The van der Waals surface area contributed by atoms with Crippen molar-refractivity contribution in [3.8, 4) is 17.4 Å². The Kier molecular flexibility index (Phi) is 7.14. The fourth-order valence-corrected chi connectivity index (χ4v) is 4.07. The molecule has 3 N–H and O–H groups in total. The van der Waals surface area contributed by atoms with Crippen molar-refractivity contribution < 1.29 is 27.4 Å². The molecule has 11 heteroatoms. The van der Waals surface area contributed by atoms with E-state index in [0.29, 0.717) is 40.0 Å². The van der Waals surface area contributed by atoms with Crippen molar-refractivity contribution in [1.82, 2.24) is 9.97 Å². The van der Waals surface area contributed by atoms with Crippen molar-refractivity contribution in [3.63, 3.8) is 0 Å². The standard InChI is InChI=1S/C28H26F3N5O3/c1-16-13-25(36-26(33-16)32-15-17-7-8-17)39-23-12-10-21(19-5-3-4-6-20(19)23)34-27(37)35-22-14-18(28(29,30)31)9-11-24(22)38-2/h3-6,9-14,17H,7-8,15H2,1-2H3,(H,32,33,36)(H2,34,35,37). The smallest absolute Gasteiger partial charge is 0.416 e. The third-order valence-corrected chi connectivity index (χ3v) is 6.20. The summed E-state index contributed by atoms with van der Waals surface area (Å²) in [6.07, 6.45) is -2.15. The Hall–Kier alpha value is -4.54. The number of fused-ring (bicyclic) bond motifs is 1. The Bertz CT molecular complexity index is 1520. The number of amides is 2. The first-order chi connectivity index (χ1) is 18.7. The number of urea groups is 1. The van der Waals surface area contributed by atoms with Crippen LogP contribution in [0.4, 0.5) is 35.3 Å². The van der Waals surface area contributed by atoms with Crippen LogP contribution in [0.1, 0.15) is 24.1 Å². The van der Waals surface area contributed by atoms with Gasteiger partial charge in [0.2, 0.25) is 11.8 Å². The van der Waals surface area contributed by atoms with Gasteiger partial charge in [0.05, 0.1) is 24.0 Å². The van der Waals surface area contributed by atoms with E-state index in [0.717, 1.165) is 30.4 Å². The van der Waals surface area contributed by atoms with Crippen molar-refractivity contribution in [2.75, 3.05) is 29.6 Å². The van der Waals surface area contributed by atoms with Crippen LogP contribution >= 0.6 is 0 Å². The summed E-state index contributed by atoms with van der Waals surface area (Å²) < 4.78 is 50.8. The molecule has 1 saturated carbocycles. The van der Waals surface area contributed by atoms with E-state index < -0.39 is 17.8 Å². The molecule has 4 aromatic rings. The first-order valence-electron chi connectivity index (χ1n) is 12.3. The molecule has 0 bridgehead atoms. The maximum atomic E-state index is 13.2. The number of carbonyl (C=O) groups excluding carboxylic acids is 1. The number of nitrogens with one attached hydrogen (secondary N) is 3. The van der Waals surface area contributed by atoms with Crippen LogP contribution in [-0.4, -0.2) is 29.7 Å². The quantitative estimate of drug-likeness (QED) is 0.220. The highest BCUT2D eigenvalue weighted by Crippen LogP contribution is 2.37. The Labute approximate surface area is 222 Å². The molecule has 2 amide bonds. The topological polar surface area (TPSA) is 97.4 Å². The summed E-state index contributed by atoms with van der Waals surface area (Å²) in [6.45, 7) is 2.68. The highest BCUT2D eigenvalue weighted by Gasteiger charge is 2.31. The van der Waals surface area contributed by atoms with E-state index in [1.807, 2.05) is 19.1 Å². The molecule has 0 radical (unpaired) electrons. The van der Waals surface area contributed by atoms with Crippen molar-refractivity contribution in [1.29, 1.82) is 0 Å². The van der Waals surface area contributed by atoms with E-state index in [1.165, 1.54) is 20.0 Å². The molecule has 0 aliphatic heterocycles. The second-order valence-electron chi connectivity index (χ2n) is 9.25. The number of hydrogen-bond acceptors (Lipinski definition) is 6. The normalized spacial score (nSPS) is 13.2. The number of methoxy groups -OCH3 is 1. The third-order valence-electron chi connectivity index (χ3n) is 6.20. The minimum atomic E-state index is -4.57. The molecular weight excluding hydrogens is 511 g/mol.